The van der Waals surface area contributed by atoms with Crippen molar-refractivity contribution in [1.82, 2.24) is 9.80 Å². The van der Waals surface area contributed by atoms with Gasteiger partial charge in [-0.2, -0.15) is 0 Å². The van der Waals surface area contributed by atoms with Gasteiger partial charge in [0.05, 0.1) is 10.5 Å². The van der Waals surface area contributed by atoms with Gasteiger partial charge < -0.3 is 14.5 Å². The molecule has 7 nitrogen and oxygen atoms in total. The zero-order valence-electron chi connectivity index (χ0n) is 23.9. The number of non-ortho nitro benzene ring substituents is 1. The van der Waals surface area contributed by atoms with Crippen molar-refractivity contribution in [1.29, 1.82) is 0 Å². The molecule has 2 aromatic rings. The first-order chi connectivity index (χ1) is 17.7. The van der Waals surface area contributed by atoms with Crippen LogP contribution in [0.25, 0.3) is 0 Å². The summed E-state index contributed by atoms with van der Waals surface area (Å²) in [4.78, 5) is 29.2. The normalized spacial score (nSPS) is 23.0. The molecule has 1 saturated heterocycles. The minimum atomic E-state index is -0.851. The predicted octanol–water partition coefficient (Wildman–Crippen LogP) is 7.12. The summed E-state index contributed by atoms with van der Waals surface area (Å²) in [6.07, 6.45) is 5.20. The van der Waals surface area contributed by atoms with Gasteiger partial charge in [0.1, 0.15) is 5.60 Å². The fourth-order valence-electron chi connectivity index (χ4n) is 5.69. The second-order valence-corrected chi connectivity index (χ2v) is 10.9. The van der Waals surface area contributed by atoms with E-state index in [2.05, 4.69) is 56.7 Å². The molecule has 39 heavy (non-hydrogen) atoms. The molecule has 0 spiro atoms. The molecule has 1 aliphatic heterocycles. The van der Waals surface area contributed by atoms with E-state index >= 15 is 0 Å². The van der Waals surface area contributed by atoms with Gasteiger partial charge >= 0.3 is 5.97 Å². The molecule has 0 radical (unpaired) electrons. The van der Waals surface area contributed by atoms with Gasteiger partial charge in [-0.25, -0.2) is 4.79 Å². The quantitative estimate of drug-likeness (QED) is 0.151. The van der Waals surface area contributed by atoms with E-state index in [0.717, 1.165) is 57.4 Å². The van der Waals surface area contributed by atoms with E-state index in [4.69, 9.17) is 4.74 Å². The molecular weight excluding hydrogens is 537 g/mol. The van der Waals surface area contributed by atoms with E-state index in [1.807, 2.05) is 18.2 Å². The Kier molecular flexibility index (Phi) is 13.9. The van der Waals surface area contributed by atoms with Gasteiger partial charge in [0.2, 0.25) is 0 Å². The Balaban J connectivity index is 0.00000380. The zero-order valence-corrected chi connectivity index (χ0v) is 25.6. The zero-order chi connectivity index (χ0) is 27.1. The fourth-order valence-corrected chi connectivity index (χ4v) is 5.69. The molecule has 9 heteroatoms. The maximum Gasteiger partial charge on any atom is 0.339 e. The Hall–Kier alpha value is -2.19. The van der Waals surface area contributed by atoms with E-state index < -0.39 is 16.5 Å². The number of hydrogen-bond acceptors (Lipinski definition) is 6. The van der Waals surface area contributed by atoms with Crippen molar-refractivity contribution in [2.45, 2.75) is 71.4 Å². The minimum absolute atomic E-state index is 0. The van der Waals surface area contributed by atoms with Crippen LogP contribution in [-0.2, 0) is 10.3 Å². The number of hydrogen-bond donors (Lipinski definition) is 0. The lowest BCUT2D eigenvalue weighted by Gasteiger charge is -2.57. The Morgan fingerprint density at radius 2 is 1.62 bits per heavy atom. The molecular formula is C30H45Cl2N3O4. The van der Waals surface area contributed by atoms with Crippen molar-refractivity contribution in [3.05, 3.63) is 75.8 Å². The highest BCUT2D eigenvalue weighted by Crippen LogP contribution is 2.51. The molecule has 0 bridgehead atoms. The van der Waals surface area contributed by atoms with Crippen molar-refractivity contribution in [2.75, 3.05) is 33.2 Å². The number of carbonyl (C=O) groups excluding carboxylic acids is 1. The highest BCUT2D eigenvalue weighted by atomic mass is 35.5. The van der Waals surface area contributed by atoms with E-state index in [1.54, 1.807) is 0 Å². The van der Waals surface area contributed by atoms with Crippen LogP contribution in [0, 0.1) is 15.5 Å². The standard InChI is InChI=1S/C30H43N3O4.2ClH/c1-6-8-19-32(20-9-7-2)23-29(4)22-31(5)24(3)21-30(29,26-13-11-10-12-14-26)37-28(34)25-15-17-27(18-16-25)33(35)36;;/h10-18,24H,6-9,19-23H2,1-5H3;2*1H. The lowest BCUT2D eigenvalue weighted by molar-refractivity contribution is -0.384. The van der Waals surface area contributed by atoms with E-state index in [1.165, 1.54) is 24.3 Å². The number of nitro groups is 1. The van der Waals surface area contributed by atoms with Crippen molar-refractivity contribution < 1.29 is 14.5 Å². The Bertz CT molecular complexity index is 1030. The average Bonchev–Trinajstić information content (AvgIpc) is 2.89. The number of halogens is 2. The number of benzene rings is 2. The Morgan fingerprint density at radius 3 is 2.13 bits per heavy atom. The van der Waals surface area contributed by atoms with E-state index in [0.29, 0.717) is 12.0 Å². The van der Waals surface area contributed by atoms with Crippen molar-refractivity contribution in [3.63, 3.8) is 0 Å². The molecule has 3 rings (SSSR count). The molecule has 1 fully saturated rings. The van der Waals surface area contributed by atoms with Gasteiger partial charge in [-0.15, -0.1) is 24.8 Å². The van der Waals surface area contributed by atoms with Crippen LogP contribution in [0.2, 0.25) is 0 Å². The molecule has 1 aliphatic rings. The molecule has 0 aromatic heterocycles. The lowest BCUT2D eigenvalue weighted by atomic mass is 9.63. The number of nitro benzene ring substituents is 1. The summed E-state index contributed by atoms with van der Waals surface area (Å²) in [7, 11) is 2.15. The van der Waals surface area contributed by atoms with Gasteiger partial charge in [0, 0.05) is 43.1 Å². The summed E-state index contributed by atoms with van der Waals surface area (Å²) in [5.74, 6) is -0.449. The maximum atomic E-state index is 13.7. The van der Waals surface area contributed by atoms with Crippen LogP contribution in [0.5, 0.6) is 0 Å². The van der Waals surface area contributed by atoms with Crippen LogP contribution >= 0.6 is 24.8 Å². The summed E-state index contributed by atoms with van der Waals surface area (Å²) in [5, 5.41) is 11.1. The molecule has 3 unspecified atom stereocenters. The molecule has 0 saturated carbocycles. The second kappa shape index (κ2) is 15.6. The first-order valence-electron chi connectivity index (χ1n) is 13.6. The van der Waals surface area contributed by atoms with Crippen molar-refractivity contribution >= 4 is 36.5 Å². The van der Waals surface area contributed by atoms with Gasteiger partial charge in [-0.1, -0.05) is 63.9 Å². The summed E-state index contributed by atoms with van der Waals surface area (Å²) >= 11 is 0. The number of unbranched alkanes of at least 4 members (excludes halogenated alkanes) is 2. The highest BCUT2D eigenvalue weighted by molar-refractivity contribution is 5.90. The average molecular weight is 583 g/mol. The third kappa shape index (κ3) is 8.16. The van der Waals surface area contributed by atoms with Crippen LogP contribution in [0.15, 0.2) is 54.6 Å². The second-order valence-electron chi connectivity index (χ2n) is 10.9. The minimum Gasteiger partial charge on any atom is -0.450 e. The van der Waals surface area contributed by atoms with Crippen LogP contribution in [-0.4, -0.2) is 60.0 Å². The number of piperidine rings is 1. The van der Waals surface area contributed by atoms with E-state index in [-0.39, 0.29) is 42.0 Å². The molecule has 0 N–H and O–H groups in total. The smallest absolute Gasteiger partial charge is 0.339 e. The lowest BCUT2D eigenvalue weighted by Crippen LogP contribution is -2.63. The topological polar surface area (TPSA) is 75.9 Å². The van der Waals surface area contributed by atoms with Crippen LogP contribution in [0.1, 0.15) is 75.7 Å². The SMILES string of the molecule is CCCCN(CCCC)CC1(C)CN(C)C(C)CC1(OC(=O)c1ccc([N+](=O)[O-])cc1)c1ccccc1.Cl.Cl. The number of nitrogens with zero attached hydrogens (tertiary/aromatic N) is 3. The third-order valence-corrected chi connectivity index (χ3v) is 7.96. The number of likely N-dealkylation sites (tertiary alicyclic amines) is 1. The van der Waals surface area contributed by atoms with Gasteiger partial charge in [-0.3, -0.25) is 10.1 Å². The van der Waals surface area contributed by atoms with E-state index in [9.17, 15) is 14.9 Å². The third-order valence-electron chi connectivity index (χ3n) is 7.96. The van der Waals surface area contributed by atoms with Crippen LogP contribution in [0.3, 0.4) is 0 Å². The summed E-state index contributed by atoms with van der Waals surface area (Å²) in [5.41, 5.74) is 0.0420. The predicted molar refractivity (Wildman–Crippen MR) is 162 cm³/mol. The first-order valence-corrected chi connectivity index (χ1v) is 13.6. The molecule has 218 valence electrons. The fraction of sp³-hybridized carbons (Fsp3) is 0.567. The molecule has 0 amide bonds. The maximum absolute atomic E-state index is 13.7. The molecule has 1 heterocycles. The summed E-state index contributed by atoms with van der Waals surface area (Å²) < 4.78 is 6.63. The summed E-state index contributed by atoms with van der Waals surface area (Å²) in [6.45, 7) is 12.5. The molecule has 3 atom stereocenters. The number of carbonyl (C=O) groups is 1. The monoisotopic (exact) mass is 581 g/mol. The number of rotatable bonds is 12. The number of ether oxygens (including phenoxy) is 1. The van der Waals surface area contributed by atoms with Crippen LogP contribution < -0.4 is 0 Å². The first kappa shape index (κ1) is 34.8. The Morgan fingerprint density at radius 1 is 1.05 bits per heavy atom. The van der Waals surface area contributed by atoms with Crippen molar-refractivity contribution in [3.8, 4) is 0 Å². The molecule has 2 aromatic carbocycles. The van der Waals surface area contributed by atoms with Gasteiger partial charge in [0.25, 0.3) is 5.69 Å². The highest BCUT2D eigenvalue weighted by Gasteiger charge is 2.57. The largest absolute Gasteiger partial charge is 0.450 e. The Labute approximate surface area is 246 Å². The van der Waals surface area contributed by atoms with Gasteiger partial charge in [-0.05, 0) is 57.6 Å². The molecule has 0 aliphatic carbocycles. The number of esters is 1. The summed E-state index contributed by atoms with van der Waals surface area (Å²) in [6, 6.07) is 16.0. The van der Waals surface area contributed by atoms with Crippen molar-refractivity contribution in [2.24, 2.45) is 5.41 Å². The van der Waals surface area contributed by atoms with Gasteiger partial charge in [0.15, 0.2) is 0 Å². The van der Waals surface area contributed by atoms with Crippen LogP contribution in [0.4, 0.5) is 5.69 Å².